The minimum Gasteiger partial charge on any atom is -0.496 e. The molecule has 0 saturated carbocycles. The number of hydrogen-bond acceptors (Lipinski definition) is 3. The molecule has 3 heteroatoms. The first kappa shape index (κ1) is 12.0. The van der Waals surface area contributed by atoms with Crippen LogP contribution >= 0.6 is 0 Å². The number of methoxy groups -OCH3 is 1. The lowest BCUT2D eigenvalue weighted by atomic mass is 10.0. The van der Waals surface area contributed by atoms with Gasteiger partial charge in [-0.3, -0.25) is 0 Å². The monoisotopic (exact) mass is 208 g/mol. The van der Waals surface area contributed by atoms with Crippen molar-refractivity contribution in [1.29, 1.82) is 0 Å². The summed E-state index contributed by atoms with van der Waals surface area (Å²) in [6.07, 6.45) is 0.913. The molecule has 0 spiro atoms. The van der Waals surface area contributed by atoms with Gasteiger partial charge in [-0.25, -0.2) is 0 Å². The molecule has 0 aliphatic carbocycles. The molecule has 1 unspecified atom stereocenters. The largest absolute Gasteiger partial charge is 0.496 e. The molecular formula is C12H20N2O. The molecule has 15 heavy (non-hydrogen) atoms. The van der Waals surface area contributed by atoms with Crippen LogP contribution in [0.1, 0.15) is 23.6 Å². The third-order valence-corrected chi connectivity index (χ3v) is 2.56. The predicted octanol–water partition coefficient (Wildman–Crippen LogP) is 1.61. The van der Waals surface area contributed by atoms with E-state index in [0.717, 1.165) is 12.2 Å². The smallest absolute Gasteiger partial charge is 0.123 e. The fourth-order valence-electron chi connectivity index (χ4n) is 1.75. The second-order valence-corrected chi connectivity index (χ2v) is 3.66. The normalized spacial score (nSPS) is 12.5. The van der Waals surface area contributed by atoms with Crippen molar-refractivity contribution in [2.24, 2.45) is 5.73 Å². The molecule has 0 aromatic heterocycles. The Labute approximate surface area is 91.6 Å². The maximum absolute atomic E-state index is 5.59. The molecule has 0 radical (unpaired) electrons. The van der Waals surface area contributed by atoms with Crippen LogP contribution in [0, 0.1) is 6.92 Å². The van der Waals surface area contributed by atoms with Crippen LogP contribution < -0.4 is 15.8 Å². The van der Waals surface area contributed by atoms with Crippen LogP contribution in [0.4, 0.5) is 0 Å². The molecule has 0 aliphatic rings. The van der Waals surface area contributed by atoms with Gasteiger partial charge >= 0.3 is 0 Å². The topological polar surface area (TPSA) is 47.3 Å². The second-order valence-electron chi connectivity index (χ2n) is 3.66. The van der Waals surface area contributed by atoms with E-state index in [2.05, 4.69) is 24.4 Å². The average Bonchev–Trinajstić information content (AvgIpc) is 2.26. The first-order valence-corrected chi connectivity index (χ1v) is 5.24. The summed E-state index contributed by atoms with van der Waals surface area (Å²) < 4.78 is 5.35. The summed E-state index contributed by atoms with van der Waals surface area (Å²) in [6, 6.07) is 6.48. The van der Waals surface area contributed by atoms with E-state index in [9.17, 15) is 0 Å². The Balaban J connectivity index is 3.02. The van der Waals surface area contributed by atoms with E-state index in [1.165, 1.54) is 11.1 Å². The van der Waals surface area contributed by atoms with E-state index in [1.54, 1.807) is 7.11 Å². The molecule has 84 valence electrons. The van der Waals surface area contributed by atoms with Crippen LogP contribution in [0.25, 0.3) is 0 Å². The fraction of sp³-hybridized carbons (Fsp3) is 0.500. The van der Waals surface area contributed by atoms with Crippen molar-refractivity contribution in [3.8, 4) is 5.75 Å². The average molecular weight is 208 g/mol. The van der Waals surface area contributed by atoms with Gasteiger partial charge in [-0.05, 0) is 33.0 Å². The van der Waals surface area contributed by atoms with Crippen LogP contribution in [-0.4, -0.2) is 20.7 Å². The Bertz CT molecular complexity index is 312. The maximum atomic E-state index is 5.59. The fourth-order valence-corrected chi connectivity index (χ4v) is 1.75. The van der Waals surface area contributed by atoms with Crippen LogP contribution in [-0.2, 0) is 0 Å². The van der Waals surface area contributed by atoms with Gasteiger partial charge < -0.3 is 15.8 Å². The molecule has 0 bridgehead atoms. The number of hydrogen-bond donors (Lipinski definition) is 2. The summed E-state index contributed by atoms with van der Waals surface area (Å²) >= 11 is 0. The molecule has 3 nitrogen and oxygen atoms in total. The number of rotatable bonds is 5. The van der Waals surface area contributed by atoms with E-state index in [1.807, 2.05) is 13.1 Å². The standard InChI is InChI=1S/C12H20N2O/c1-9-4-5-12(15-3)10(8-9)11(14-2)6-7-13/h4-5,8,11,14H,6-7,13H2,1-3H3. The molecule has 0 aliphatic heterocycles. The van der Waals surface area contributed by atoms with Crippen molar-refractivity contribution in [3.63, 3.8) is 0 Å². The van der Waals surface area contributed by atoms with E-state index < -0.39 is 0 Å². The van der Waals surface area contributed by atoms with E-state index in [0.29, 0.717) is 6.54 Å². The number of nitrogens with one attached hydrogen (secondary N) is 1. The zero-order chi connectivity index (χ0) is 11.3. The Morgan fingerprint density at radius 2 is 2.20 bits per heavy atom. The Morgan fingerprint density at radius 3 is 2.73 bits per heavy atom. The molecule has 3 N–H and O–H groups in total. The van der Waals surface area contributed by atoms with Crippen LogP contribution in [0.15, 0.2) is 18.2 Å². The summed E-state index contributed by atoms with van der Waals surface area (Å²) in [7, 11) is 3.64. The molecule has 1 rings (SSSR count). The first-order valence-electron chi connectivity index (χ1n) is 5.24. The molecule has 1 aromatic carbocycles. The van der Waals surface area contributed by atoms with Gasteiger partial charge in [0.1, 0.15) is 5.75 Å². The SMILES string of the molecule is CNC(CCN)c1cc(C)ccc1OC. The summed E-state index contributed by atoms with van der Waals surface area (Å²) in [5, 5.41) is 3.26. The van der Waals surface area contributed by atoms with Gasteiger partial charge in [-0.1, -0.05) is 17.7 Å². The highest BCUT2D eigenvalue weighted by Gasteiger charge is 2.13. The Morgan fingerprint density at radius 1 is 1.47 bits per heavy atom. The van der Waals surface area contributed by atoms with Crippen molar-refractivity contribution in [2.75, 3.05) is 20.7 Å². The molecule has 0 saturated heterocycles. The minimum absolute atomic E-state index is 0.268. The zero-order valence-corrected chi connectivity index (χ0v) is 9.71. The lowest BCUT2D eigenvalue weighted by molar-refractivity contribution is 0.399. The summed E-state index contributed by atoms with van der Waals surface area (Å²) in [5.74, 6) is 0.924. The van der Waals surface area contributed by atoms with Gasteiger partial charge in [0, 0.05) is 11.6 Å². The third kappa shape index (κ3) is 2.94. The van der Waals surface area contributed by atoms with Gasteiger partial charge in [0.25, 0.3) is 0 Å². The highest BCUT2D eigenvalue weighted by Crippen LogP contribution is 2.27. The summed E-state index contributed by atoms with van der Waals surface area (Å²) in [4.78, 5) is 0. The van der Waals surface area contributed by atoms with Crippen LogP contribution in [0.2, 0.25) is 0 Å². The van der Waals surface area contributed by atoms with E-state index in [4.69, 9.17) is 10.5 Å². The van der Waals surface area contributed by atoms with Gasteiger partial charge in [0.05, 0.1) is 7.11 Å². The van der Waals surface area contributed by atoms with Crippen LogP contribution in [0.3, 0.4) is 0 Å². The van der Waals surface area contributed by atoms with Crippen LogP contribution in [0.5, 0.6) is 5.75 Å². The van der Waals surface area contributed by atoms with Crippen molar-refractivity contribution in [1.82, 2.24) is 5.32 Å². The number of benzene rings is 1. The van der Waals surface area contributed by atoms with E-state index in [-0.39, 0.29) is 6.04 Å². The van der Waals surface area contributed by atoms with Gasteiger partial charge in [0.2, 0.25) is 0 Å². The quantitative estimate of drug-likeness (QED) is 0.773. The van der Waals surface area contributed by atoms with Crippen molar-refractivity contribution in [2.45, 2.75) is 19.4 Å². The maximum Gasteiger partial charge on any atom is 0.123 e. The highest BCUT2D eigenvalue weighted by molar-refractivity contribution is 5.39. The van der Waals surface area contributed by atoms with Crippen molar-refractivity contribution in [3.05, 3.63) is 29.3 Å². The summed E-state index contributed by atoms with van der Waals surface area (Å²) in [6.45, 7) is 2.75. The molecule has 0 fully saturated rings. The van der Waals surface area contributed by atoms with Gasteiger partial charge in [0.15, 0.2) is 0 Å². The number of nitrogens with two attached hydrogens (primary N) is 1. The Hall–Kier alpha value is -1.06. The molecule has 0 heterocycles. The zero-order valence-electron chi connectivity index (χ0n) is 9.71. The predicted molar refractivity (Wildman–Crippen MR) is 63.2 cm³/mol. The third-order valence-electron chi connectivity index (χ3n) is 2.56. The van der Waals surface area contributed by atoms with E-state index >= 15 is 0 Å². The second kappa shape index (κ2) is 5.73. The van der Waals surface area contributed by atoms with Crippen molar-refractivity contribution < 1.29 is 4.74 Å². The van der Waals surface area contributed by atoms with Gasteiger partial charge in [-0.15, -0.1) is 0 Å². The summed E-state index contributed by atoms with van der Waals surface area (Å²) in [5.41, 5.74) is 8.02. The highest BCUT2D eigenvalue weighted by atomic mass is 16.5. The van der Waals surface area contributed by atoms with Gasteiger partial charge in [-0.2, -0.15) is 0 Å². The lowest BCUT2D eigenvalue weighted by Gasteiger charge is -2.19. The lowest BCUT2D eigenvalue weighted by Crippen LogP contribution is -2.20. The Kier molecular flexibility index (Phi) is 4.59. The molecule has 1 aromatic rings. The number of ether oxygens (including phenoxy) is 1. The number of aryl methyl sites for hydroxylation is 1. The van der Waals surface area contributed by atoms with Crippen molar-refractivity contribution >= 4 is 0 Å². The molecule has 1 atom stereocenters. The minimum atomic E-state index is 0.268. The molecular weight excluding hydrogens is 188 g/mol. The first-order chi connectivity index (χ1) is 7.22. The molecule has 0 amide bonds.